The highest BCUT2D eigenvalue weighted by Gasteiger charge is 1.93. The Kier molecular flexibility index (Phi) is 8.88. The van der Waals surface area contributed by atoms with Crippen LogP contribution < -0.4 is 4.74 Å². The monoisotopic (exact) mass is 442 g/mol. The summed E-state index contributed by atoms with van der Waals surface area (Å²) in [5.41, 5.74) is 5.04. The predicted molar refractivity (Wildman–Crippen MR) is 136 cm³/mol. The maximum atomic E-state index is 8.69. The first kappa shape index (κ1) is 23.7. The van der Waals surface area contributed by atoms with Crippen LogP contribution in [0.2, 0.25) is 0 Å². The average molecular weight is 443 g/mol. The highest BCUT2D eigenvalue weighted by molar-refractivity contribution is 5.82. The van der Waals surface area contributed by atoms with Crippen LogP contribution >= 0.6 is 0 Å². The van der Waals surface area contributed by atoms with Crippen molar-refractivity contribution < 1.29 is 4.74 Å². The second-order valence-corrected chi connectivity index (χ2v) is 7.02. The zero-order valence-electron chi connectivity index (χ0n) is 18.7. The van der Waals surface area contributed by atoms with E-state index in [4.69, 9.17) is 15.3 Å². The molecule has 0 radical (unpaired) electrons. The summed E-state index contributed by atoms with van der Waals surface area (Å²) >= 11 is 0. The molecule has 0 spiro atoms. The second-order valence-electron chi connectivity index (χ2n) is 7.02. The van der Waals surface area contributed by atoms with Gasteiger partial charge in [0.2, 0.25) is 0 Å². The first-order valence-electron chi connectivity index (χ1n) is 10.5. The van der Waals surface area contributed by atoms with Crippen LogP contribution in [0.1, 0.15) is 22.3 Å². The van der Waals surface area contributed by atoms with Crippen molar-refractivity contribution in [3.05, 3.63) is 125 Å². The van der Waals surface area contributed by atoms with Gasteiger partial charge < -0.3 is 4.74 Å². The van der Waals surface area contributed by atoms with Crippen LogP contribution in [0.5, 0.6) is 5.75 Å². The largest absolute Gasteiger partial charge is 0.497 e. The first-order chi connectivity index (χ1) is 16.7. The number of methoxy groups -OCH3 is 1. The highest BCUT2D eigenvalue weighted by Crippen LogP contribution is 2.17. The van der Waals surface area contributed by atoms with Crippen molar-refractivity contribution in [2.24, 2.45) is 9.98 Å². The van der Waals surface area contributed by atoms with Gasteiger partial charge in [0.05, 0.1) is 41.7 Å². The van der Waals surface area contributed by atoms with E-state index >= 15 is 0 Å². The number of ether oxygens (including phenoxy) is 1. The van der Waals surface area contributed by atoms with Crippen LogP contribution in [-0.2, 0) is 0 Å². The van der Waals surface area contributed by atoms with Crippen LogP contribution in [0.4, 0.5) is 11.4 Å². The molecule has 4 aromatic rings. The van der Waals surface area contributed by atoms with E-state index in [1.807, 2.05) is 78.9 Å². The van der Waals surface area contributed by atoms with Crippen LogP contribution in [0.15, 0.2) is 113 Å². The fourth-order valence-electron chi connectivity index (χ4n) is 2.77. The number of aliphatic imine (C=N–C) groups is 2. The van der Waals surface area contributed by atoms with Crippen molar-refractivity contribution in [1.82, 2.24) is 0 Å². The van der Waals surface area contributed by atoms with E-state index in [0.717, 1.165) is 28.3 Å². The number of nitrogens with zero attached hydrogens (tertiary/aromatic N) is 4. The molecule has 34 heavy (non-hydrogen) atoms. The fraction of sp³-hybridized carbons (Fsp3) is 0.0345. The summed E-state index contributed by atoms with van der Waals surface area (Å²) in [6.07, 6.45) is 3.57. The molecule has 0 aliphatic carbocycles. The van der Waals surface area contributed by atoms with Gasteiger partial charge in [0.25, 0.3) is 0 Å². The molecular weight excluding hydrogens is 420 g/mol. The lowest BCUT2D eigenvalue weighted by molar-refractivity contribution is 0.415. The van der Waals surface area contributed by atoms with Crippen LogP contribution in [-0.4, -0.2) is 19.5 Å². The number of rotatable bonds is 5. The van der Waals surface area contributed by atoms with Gasteiger partial charge in [-0.25, -0.2) is 0 Å². The molecule has 0 fully saturated rings. The Balaban J connectivity index is 0.000000192. The van der Waals surface area contributed by atoms with Gasteiger partial charge in [0.1, 0.15) is 5.75 Å². The smallest absolute Gasteiger partial charge is 0.119 e. The molecule has 0 amide bonds. The standard InChI is InChI=1S/C15H12N2O.C14H10N2/c1-18-15-8-6-14(7-9-15)17-11-13-4-2-12(10-16)3-5-13;15-10-12-6-8-14(9-7-12)16-11-13-4-2-1-3-5-13/h2-9,11H,1H3;1-9,11H. The zero-order chi connectivity index (χ0) is 24.0. The predicted octanol–water partition coefficient (Wildman–Crippen LogP) is 6.63. The third-order valence-electron chi connectivity index (χ3n) is 4.63. The van der Waals surface area contributed by atoms with Gasteiger partial charge in [-0.2, -0.15) is 10.5 Å². The van der Waals surface area contributed by atoms with E-state index < -0.39 is 0 Å². The topological polar surface area (TPSA) is 81.5 Å². The van der Waals surface area contributed by atoms with Crippen LogP contribution in [0.3, 0.4) is 0 Å². The molecule has 5 heteroatoms. The number of benzene rings is 4. The number of nitriles is 2. The van der Waals surface area contributed by atoms with Crippen molar-refractivity contribution in [2.45, 2.75) is 0 Å². The van der Waals surface area contributed by atoms with Gasteiger partial charge in [0.15, 0.2) is 0 Å². The van der Waals surface area contributed by atoms with Crippen LogP contribution in [0.25, 0.3) is 0 Å². The molecule has 0 aromatic heterocycles. The average Bonchev–Trinajstić information content (AvgIpc) is 2.92. The number of hydrogen-bond donors (Lipinski definition) is 0. The molecule has 5 nitrogen and oxygen atoms in total. The maximum Gasteiger partial charge on any atom is 0.119 e. The molecule has 0 saturated carbocycles. The van der Waals surface area contributed by atoms with Crippen molar-refractivity contribution in [1.29, 1.82) is 10.5 Å². The fourth-order valence-corrected chi connectivity index (χ4v) is 2.77. The molecule has 0 saturated heterocycles. The molecule has 0 aliphatic heterocycles. The number of hydrogen-bond acceptors (Lipinski definition) is 5. The minimum Gasteiger partial charge on any atom is -0.497 e. The molecule has 0 N–H and O–H groups in total. The van der Waals surface area contributed by atoms with Gasteiger partial charge >= 0.3 is 0 Å². The van der Waals surface area contributed by atoms with E-state index in [9.17, 15) is 0 Å². The summed E-state index contributed by atoms with van der Waals surface area (Å²) in [5.74, 6) is 0.812. The van der Waals surface area contributed by atoms with Crippen LogP contribution in [0, 0.1) is 22.7 Å². The Morgan fingerprint density at radius 3 is 1.50 bits per heavy atom. The molecule has 0 unspecified atom stereocenters. The molecule has 0 aliphatic rings. The third-order valence-corrected chi connectivity index (χ3v) is 4.63. The summed E-state index contributed by atoms with van der Waals surface area (Å²) in [5, 5.41) is 17.3. The Labute approximate surface area is 199 Å². The Bertz CT molecular complexity index is 1310. The van der Waals surface area contributed by atoms with E-state index in [2.05, 4.69) is 22.1 Å². The molecule has 0 heterocycles. The Hall–Kier alpha value is -5.00. The lowest BCUT2D eigenvalue weighted by Gasteiger charge is -1.99. The quantitative estimate of drug-likeness (QED) is 0.325. The summed E-state index contributed by atoms with van der Waals surface area (Å²) in [7, 11) is 1.63. The molecule has 0 bridgehead atoms. The first-order valence-corrected chi connectivity index (χ1v) is 10.5. The Morgan fingerprint density at radius 1 is 0.588 bits per heavy atom. The second kappa shape index (κ2) is 12.8. The molecule has 164 valence electrons. The molecule has 4 aromatic carbocycles. The zero-order valence-corrected chi connectivity index (χ0v) is 18.7. The van der Waals surface area contributed by atoms with Crippen molar-refractivity contribution >= 4 is 23.8 Å². The minimum absolute atomic E-state index is 0.650. The minimum atomic E-state index is 0.650. The molecule has 0 atom stereocenters. The van der Waals surface area contributed by atoms with E-state index in [1.165, 1.54) is 0 Å². The van der Waals surface area contributed by atoms with E-state index in [0.29, 0.717) is 11.1 Å². The molecule has 4 rings (SSSR count). The lowest BCUT2D eigenvalue weighted by atomic mass is 10.2. The summed E-state index contributed by atoms with van der Waals surface area (Å²) in [6.45, 7) is 0. The van der Waals surface area contributed by atoms with Gasteiger partial charge in [-0.05, 0) is 71.8 Å². The SMILES string of the molecule is COc1ccc(N=Cc2ccc(C#N)cc2)cc1.N#Cc1ccc(N=Cc2ccccc2)cc1. The van der Waals surface area contributed by atoms with E-state index in [1.54, 1.807) is 43.8 Å². The molecular formula is C29H22N4O. The van der Waals surface area contributed by atoms with Gasteiger partial charge in [0, 0.05) is 12.4 Å². The lowest BCUT2D eigenvalue weighted by Crippen LogP contribution is -1.82. The van der Waals surface area contributed by atoms with Gasteiger partial charge in [-0.15, -0.1) is 0 Å². The van der Waals surface area contributed by atoms with Crippen molar-refractivity contribution in [2.75, 3.05) is 7.11 Å². The highest BCUT2D eigenvalue weighted by atomic mass is 16.5. The third kappa shape index (κ3) is 7.60. The Morgan fingerprint density at radius 2 is 1.03 bits per heavy atom. The van der Waals surface area contributed by atoms with Crippen molar-refractivity contribution in [3.63, 3.8) is 0 Å². The summed E-state index contributed by atoms with van der Waals surface area (Å²) in [4.78, 5) is 8.66. The summed E-state index contributed by atoms with van der Waals surface area (Å²) in [6, 6.07) is 36.0. The summed E-state index contributed by atoms with van der Waals surface area (Å²) < 4.78 is 5.07. The van der Waals surface area contributed by atoms with Gasteiger partial charge in [-0.3, -0.25) is 9.98 Å². The van der Waals surface area contributed by atoms with E-state index in [-0.39, 0.29) is 0 Å². The van der Waals surface area contributed by atoms with Gasteiger partial charge in [-0.1, -0.05) is 42.5 Å². The normalized spacial score (nSPS) is 10.2. The van der Waals surface area contributed by atoms with Crippen molar-refractivity contribution in [3.8, 4) is 17.9 Å². The maximum absolute atomic E-state index is 8.69.